The quantitative estimate of drug-likeness (QED) is 0.622. The molecule has 2 aliphatic heterocycles. The van der Waals surface area contributed by atoms with Gasteiger partial charge in [0.15, 0.2) is 5.72 Å². The summed E-state index contributed by atoms with van der Waals surface area (Å²) in [7, 11) is 6.81. The fraction of sp³-hybridized carbons (Fsp3) is 0.556. The SMILES string of the molecule is COC1(OC)/C(=N/NC(=O)c2ccccc2)CC2CCC1(OC)N2C.Cl. The Morgan fingerprint density at radius 3 is 2.42 bits per heavy atom. The Hall–Kier alpha value is -1.51. The van der Waals surface area contributed by atoms with Crippen molar-refractivity contribution in [2.24, 2.45) is 5.10 Å². The average Bonchev–Trinajstić information content (AvgIpc) is 2.90. The second-order valence-electron chi connectivity index (χ2n) is 6.39. The molecule has 1 N–H and O–H groups in total. The predicted molar refractivity (Wildman–Crippen MR) is 100 cm³/mol. The lowest BCUT2D eigenvalue weighted by molar-refractivity contribution is -0.314. The fourth-order valence-electron chi connectivity index (χ4n) is 4.16. The minimum Gasteiger partial charge on any atom is -0.357 e. The van der Waals surface area contributed by atoms with Gasteiger partial charge in [0, 0.05) is 39.4 Å². The Morgan fingerprint density at radius 2 is 1.85 bits per heavy atom. The van der Waals surface area contributed by atoms with Gasteiger partial charge in [-0.2, -0.15) is 5.10 Å². The highest BCUT2D eigenvalue weighted by molar-refractivity contribution is 5.98. The molecule has 8 heteroatoms. The van der Waals surface area contributed by atoms with E-state index in [1.54, 1.807) is 33.5 Å². The number of piperidine rings is 1. The maximum atomic E-state index is 12.3. The molecular formula is C18H26ClN3O4. The third kappa shape index (κ3) is 2.93. The minimum absolute atomic E-state index is 0. The number of rotatable bonds is 5. The lowest BCUT2D eigenvalue weighted by Gasteiger charge is -2.52. The summed E-state index contributed by atoms with van der Waals surface area (Å²) >= 11 is 0. The molecule has 1 aromatic rings. The van der Waals surface area contributed by atoms with Crippen molar-refractivity contribution in [1.29, 1.82) is 0 Å². The van der Waals surface area contributed by atoms with E-state index in [0.717, 1.165) is 12.8 Å². The van der Waals surface area contributed by atoms with Crippen LogP contribution < -0.4 is 5.43 Å². The van der Waals surface area contributed by atoms with Crippen LogP contribution in [0.4, 0.5) is 0 Å². The summed E-state index contributed by atoms with van der Waals surface area (Å²) in [5, 5.41) is 4.38. The van der Waals surface area contributed by atoms with Crippen LogP contribution in [-0.4, -0.2) is 62.4 Å². The number of carbonyl (C=O) groups is 1. The van der Waals surface area contributed by atoms with Gasteiger partial charge in [-0.1, -0.05) is 18.2 Å². The summed E-state index contributed by atoms with van der Waals surface area (Å²) in [6.07, 6.45) is 2.35. The molecule has 0 saturated carbocycles. The van der Waals surface area contributed by atoms with E-state index < -0.39 is 11.5 Å². The van der Waals surface area contributed by atoms with E-state index in [2.05, 4.69) is 15.4 Å². The van der Waals surface area contributed by atoms with Gasteiger partial charge in [0.1, 0.15) is 5.71 Å². The number of likely N-dealkylation sites (N-methyl/N-ethyl adjacent to an activating group) is 1. The summed E-state index contributed by atoms with van der Waals surface area (Å²) in [4.78, 5) is 14.5. The van der Waals surface area contributed by atoms with E-state index in [9.17, 15) is 4.79 Å². The van der Waals surface area contributed by atoms with Gasteiger partial charge in [0.25, 0.3) is 11.7 Å². The van der Waals surface area contributed by atoms with Gasteiger partial charge in [0.2, 0.25) is 0 Å². The van der Waals surface area contributed by atoms with E-state index in [-0.39, 0.29) is 24.4 Å². The molecule has 2 heterocycles. The third-order valence-electron chi connectivity index (χ3n) is 5.50. The Morgan fingerprint density at radius 1 is 1.19 bits per heavy atom. The first-order valence-corrected chi connectivity index (χ1v) is 8.35. The lowest BCUT2D eigenvalue weighted by Crippen LogP contribution is -2.71. The van der Waals surface area contributed by atoms with Crippen LogP contribution in [-0.2, 0) is 14.2 Å². The molecule has 3 rings (SSSR count). The standard InChI is InChI=1S/C18H25N3O4.ClH/c1-21-14-10-11-17(21,23-2)18(24-3,25-4)15(12-14)19-20-16(22)13-8-6-5-7-9-13;/h5-9,14H,10-12H2,1-4H3,(H,20,22);1H/b19-15+;. The summed E-state index contributed by atoms with van der Waals surface area (Å²) in [5.74, 6) is -1.44. The molecule has 144 valence electrons. The van der Waals surface area contributed by atoms with Gasteiger partial charge in [-0.05, 0) is 32.0 Å². The number of fused-ring (bicyclic) bond motifs is 2. The lowest BCUT2D eigenvalue weighted by atomic mass is 9.90. The van der Waals surface area contributed by atoms with Crippen molar-refractivity contribution in [3.63, 3.8) is 0 Å². The van der Waals surface area contributed by atoms with Gasteiger partial charge in [-0.15, -0.1) is 12.4 Å². The van der Waals surface area contributed by atoms with Crippen LogP contribution in [0.15, 0.2) is 35.4 Å². The number of carbonyl (C=O) groups excluding carboxylic acids is 1. The number of halogens is 1. The van der Waals surface area contributed by atoms with E-state index >= 15 is 0 Å². The zero-order valence-corrected chi connectivity index (χ0v) is 16.3. The molecule has 2 atom stereocenters. The predicted octanol–water partition coefficient (Wildman–Crippen LogP) is 2.02. The molecule has 1 aromatic carbocycles. The van der Waals surface area contributed by atoms with Gasteiger partial charge in [-0.3, -0.25) is 9.69 Å². The second-order valence-corrected chi connectivity index (χ2v) is 6.39. The smallest absolute Gasteiger partial charge is 0.271 e. The van der Waals surface area contributed by atoms with Crippen LogP contribution >= 0.6 is 12.4 Å². The van der Waals surface area contributed by atoms with Crippen LogP contribution in [0.2, 0.25) is 0 Å². The summed E-state index contributed by atoms with van der Waals surface area (Å²) < 4.78 is 17.5. The highest BCUT2D eigenvalue weighted by Crippen LogP contribution is 2.49. The molecule has 2 fully saturated rings. The monoisotopic (exact) mass is 383 g/mol. The highest BCUT2D eigenvalue weighted by atomic mass is 35.5. The number of benzene rings is 1. The number of nitrogens with one attached hydrogen (secondary N) is 1. The van der Waals surface area contributed by atoms with Crippen molar-refractivity contribution in [2.75, 3.05) is 28.4 Å². The summed E-state index contributed by atoms with van der Waals surface area (Å²) in [5.41, 5.74) is 3.04. The largest absolute Gasteiger partial charge is 0.357 e. The fourth-order valence-corrected chi connectivity index (χ4v) is 4.16. The number of ether oxygens (including phenoxy) is 3. The van der Waals surface area contributed by atoms with Crippen molar-refractivity contribution in [3.8, 4) is 0 Å². The molecular weight excluding hydrogens is 358 g/mol. The molecule has 2 saturated heterocycles. The molecule has 2 unspecified atom stereocenters. The first-order chi connectivity index (χ1) is 12.0. The zero-order chi connectivity index (χ0) is 18.1. The van der Waals surface area contributed by atoms with Crippen molar-refractivity contribution in [2.45, 2.75) is 36.8 Å². The molecule has 2 aliphatic rings. The first-order valence-electron chi connectivity index (χ1n) is 8.35. The summed E-state index contributed by atoms with van der Waals surface area (Å²) in [6.45, 7) is 0. The Labute approximate surface area is 160 Å². The molecule has 2 bridgehead atoms. The molecule has 7 nitrogen and oxygen atoms in total. The van der Waals surface area contributed by atoms with Crippen molar-refractivity contribution in [1.82, 2.24) is 10.3 Å². The zero-order valence-electron chi connectivity index (χ0n) is 15.5. The van der Waals surface area contributed by atoms with Crippen LogP contribution in [0.5, 0.6) is 0 Å². The van der Waals surface area contributed by atoms with Crippen LogP contribution in [0.1, 0.15) is 29.6 Å². The Bertz CT molecular complexity index is 666. The number of hydrogen-bond acceptors (Lipinski definition) is 6. The average molecular weight is 384 g/mol. The molecule has 26 heavy (non-hydrogen) atoms. The Kier molecular flexibility index (Phi) is 6.42. The van der Waals surface area contributed by atoms with Crippen LogP contribution in [0, 0.1) is 0 Å². The van der Waals surface area contributed by atoms with E-state index in [1.165, 1.54) is 0 Å². The maximum Gasteiger partial charge on any atom is 0.271 e. The second kappa shape index (κ2) is 8.02. The van der Waals surface area contributed by atoms with E-state index in [0.29, 0.717) is 17.7 Å². The number of nitrogens with zero attached hydrogens (tertiary/aromatic N) is 2. The van der Waals surface area contributed by atoms with Gasteiger partial charge in [-0.25, -0.2) is 5.43 Å². The Balaban J connectivity index is 0.00000243. The van der Waals surface area contributed by atoms with Gasteiger partial charge < -0.3 is 14.2 Å². The molecule has 1 amide bonds. The normalized spacial score (nSPS) is 28.6. The molecule has 0 aromatic heterocycles. The molecule has 0 radical (unpaired) electrons. The van der Waals surface area contributed by atoms with Gasteiger partial charge in [0.05, 0.1) is 0 Å². The van der Waals surface area contributed by atoms with Crippen molar-refractivity contribution < 1.29 is 19.0 Å². The topological polar surface area (TPSA) is 72.4 Å². The highest BCUT2D eigenvalue weighted by Gasteiger charge is 2.67. The van der Waals surface area contributed by atoms with E-state index in [4.69, 9.17) is 14.2 Å². The first kappa shape index (κ1) is 20.8. The van der Waals surface area contributed by atoms with Crippen LogP contribution in [0.25, 0.3) is 0 Å². The minimum atomic E-state index is -1.17. The number of methoxy groups -OCH3 is 3. The number of hydrazone groups is 1. The molecule has 0 aliphatic carbocycles. The van der Waals surface area contributed by atoms with Crippen LogP contribution in [0.3, 0.4) is 0 Å². The maximum absolute atomic E-state index is 12.3. The summed E-state index contributed by atoms with van der Waals surface area (Å²) in [6, 6.07) is 9.24. The number of hydrogen-bond donors (Lipinski definition) is 1. The van der Waals surface area contributed by atoms with Gasteiger partial charge >= 0.3 is 0 Å². The number of amides is 1. The van der Waals surface area contributed by atoms with Crippen molar-refractivity contribution >= 4 is 24.0 Å². The van der Waals surface area contributed by atoms with Crippen molar-refractivity contribution in [3.05, 3.63) is 35.9 Å². The third-order valence-corrected chi connectivity index (χ3v) is 5.50. The molecule has 0 spiro atoms. The van der Waals surface area contributed by atoms with E-state index in [1.807, 2.05) is 25.2 Å².